The van der Waals surface area contributed by atoms with Crippen LogP contribution in [0.3, 0.4) is 0 Å². The zero-order chi connectivity index (χ0) is 15.9. The van der Waals surface area contributed by atoms with Crippen LogP contribution in [0.4, 0.5) is 5.13 Å². The molecule has 0 bridgehead atoms. The molecular weight excluding hydrogens is 316 g/mol. The fourth-order valence-corrected chi connectivity index (χ4v) is 3.33. The Bertz CT molecular complexity index is 734. The Kier molecular flexibility index (Phi) is 5.80. The van der Waals surface area contributed by atoms with E-state index in [1.165, 1.54) is 11.3 Å². The van der Waals surface area contributed by atoms with Crippen molar-refractivity contribution in [3.63, 3.8) is 0 Å². The lowest BCUT2D eigenvalue weighted by Gasteiger charge is -2.01. The van der Waals surface area contributed by atoms with Gasteiger partial charge in [-0.05, 0) is 19.9 Å². The van der Waals surface area contributed by atoms with Crippen molar-refractivity contribution < 1.29 is 9.00 Å². The van der Waals surface area contributed by atoms with E-state index in [4.69, 9.17) is 0 Å². The SMILES string of the molecule is C/C=C\C=C(/C)S(=O)Nc1nc(-c2ccccc2)c(C=O)s1. The summed E-state index contributed by atoms with van der Waals surface area (Å²) in [4.78, 5) is 16.8. The molecule has 22 heavy (non-hydrogen) atoms. The molecule has 1 unspecified atom stereocenters. The van der Waals surface area contributed by atoms with Crippen molar-refractivity contribution in [2.45, 2.75) is 13.8 Å². The second-order valence-corrected chi connectivity index (χ2v) is 6.81. The molecule has 1 aromatic heterocycles. The van der Waals surface area contributed by atoms with Gasteiger partial charge >= 0.3 is 0 Å². The minimum absolute atomic E-state index is 0.465. The van der Waals surface area contributed by atoms with E-state index >= 15 is 0 Å². The van der Waals surface area contributed by atoms with E-state index < -0.39 is 11.0 Å². The fraction of sp³-hybridized carbons (Fsp3) is 0.125. The van der Waals surface area contributed by atoms with Gasteiger partial charge in [-0.25, -0.2) is 9.19 Å². The lowest BCUT2D eigenvalue weighted by atomic mass is 10.1. The van der Waals surface area contributed by atoms with Crippen molar-refractivity contribution in [2.24, 2.45) is 0 Å². The summed E-state index contributed by atoms with van der Waals surface area (Å²) in [6.45, 7) is 3.67. The predicted molar refractivity (Wildman–Crippen MR) is 93.3 cm³/mol. The van der Waals surface area contributed by atoms with Gasteiger partial charge in [0.2, 0.25) is 0 Å². The molecule has 0 fully saturated rings. The van der Waals surface area contributed by atoms with E-state index in [0.717, 1.165) is 11.8 Å². The summed E-state index contributed by atoms with van der Waals surface area (Å²) in [5, 5.41) is 0.465. The highest BCUT2D eigenvalue weighted by Gasteiger charge is 2.14. The average Bonchev–Trinajstić information content (AvgIpc) is 2.96. The Morgan fingerprint density at radius 1 is 1.32 bits per heavy atom. The third kappa shape index (κ3) is 3.99. The Labute approximate surface area is 136 Å². The first-order chi connectivity index (χ1) is 10.7. The number of allylic oxidation sites excluding steroid dienone is 4. The molecule has 2 rings (SSSR count). The van der Waals surface area contributed by atoms with E-state index in [0.29, 0.717) is 20.6 Å². The second-order valence-electron chi connectivity index (χ2n) is 4.39. The second kappa shape index (κ2) is 7.82. The maximum absolute atomic E-state index is 12.1. The molecule has 2 aromatic rings. The van der Waals surface area contributed by atoms with Crippen LogP contribution >= 0.6 is 11.3 Å². The van der Waals surface area contributed by atoms with E-state index in [2.05, 4.69) is 9.71 Å². The first-order valence-electron chi connectivity index (χ1n) is 6.65. The number of rotatable bonds is 6. The largest absolute Gasteiger partial charge is 0.297 e. The van der Waals surface area contributed by atoms with Crippen molar-refractivity contribution >= 4 is 33.7 Å². The maximum atomic E-state index is 12.1. The minimum atomic E-state index is -1.38. The molecule has 1 aromatic carbocycles. The van der Waals surface area contributed by atoms with Crippen LogP contribution in [-0.4, -0.2) is 15.5 Å². The highest BCUT2D eigenvalue weighted by molar-refractivity contribution is 7.90. The molecule has 114 valence electrons. The summed E-state index contributed by atoms with van der Waals surface area (Å²) in [6.07, 6.45) is 6.23. The van der Waals surface area contributed by atoms with E-state index in [-0.39, 0.29) is 0 Å². The van der Waals surface area contributed by atoms with Crippen molar-refractivity contribution in [3.8, 4) is 11.3 Å². The molecule has 6 heteroatoms. The topological polar surface area (TPSA) is 59.1 Å². The summed E-state index contributed by atoms with van der Waals surface area (Å²) < 4.78 is 15.0. The first-order valence-corrected chi connectivity index (χ1v) is 8.61. The van der Waals surface area contributed by atoms with Gasteiger partial charge in [0, 0.05) is 10.5 Å². The molecule has 0 radical (unpaired) electrons. The van der Waals surface area contributed by atoms with Crippen molar-refractivity contribution in [2.75, 3.05) is 4.72 Å². The first kappa shape index (κ1) is 16.3. The zero-order valence-corrected chi connectivity index (χ0v) is 13.9. The van der Waals surface area contributed by atoms with E-state index in [9.17, 15) is 9.00 Å². The van der Waals surface area contributed by atoms with Gasteiger partial charge in [-0.15, -0.1) is 0 Å². The molecule has 0 aliphatic rings. The Morgan fingerprint density at radius 3 is 2.68 bits per heavy atom. The van der Waals surface area contributed by atoms with Gasteiger partial charge in [-0.3, -0.25) is 9.52 Å². The van der Waals surface area contributed by atoms with Gasteiger partial charge in [-0.2, -0.15) is 0 Å². The van der Waals surface area contributed by atoms with Crippen LogP contribution in [0.15, 0.2) is 53.5 Å². The van der Waals surface area contributed by atoms with E-state index in [1.807, 2.05) is 49.4 Å². The number of hydrogen-bond acceptors (Lipinski definition) is 4. The average molecular weight is 332 g/mol. The Hall–Kier alpha value is -2.05. The molecule has 0 spiro atoms. The van der Waals surface area contributed by atoms with Gasteiger partial charge < -0.3 is 0 Å². The summed E-state index contributed by atoms with van der Waals surface area (Å²) in [6, 6.07) is 9.46. The number of aromatic nitrogens is 1. The molecule has 0 amide bonds. The number of thiazole rings is 1. The summed E-state index contributed by atoms with van der Waals surface area (Å²) in [7, 11) is -1.38. The molecule has 0 saturated carbocycles. The number of carbonyl (C=O) groups excluding carboxylic acids is 1. The third-order valence-corrected chi connectivity index (χ3v) is 4.93. The number of nitrogens with zero attached hydrogens (tertiary/aromatic N) is 1. The third-order valence-electron chi connectivity index (χ3n) is 2.80. The van der Waals surface area contributed by atoms with Crippen molar-refractivity contribution in [3.05, 3.63) is 58.3 Å². The number of carbonyl (C=O) groups is 1. The molecule has 1 heterocycles. The molecule has 0 saturated heterocycles. The van der Waals surface area contributed by atoms with Crippen LogP contribution in [0.5, 0.6) is 0 Å². The Balaban J connectivity index is 2.25. The van der Waals surface area contributed by atoms with Crippen LogP contribution in [0.1, 0.15) is 23.5 Å². The molecule has 4 nitrogen and oxygen atoms in total. The lowest BCUT2D eigenvalue weighted by molar-refractivity contribution is 0.112. The molecular formula is C16H16N2O2S2. The van der Waals surface area contributed by atoms with Crippen LogP contribution < -0.4 is 4.72 Å². The predicted octanol–water partition coefficient (Wildman–Crippen LogP) is 4.18. The van der Waals surface area contributed by atoms with Crippen LogP contribution in [-0.2, 0) is 11.0 Å². The molecule has 1 N–H and O–H groups in total. The lowest BCUT2D eigenvalue weighted by Crippen LogP contribution is -2.04. The summed E-state index contributed by atoms with van der Waals surface area (Å²) in [5.41, 5.74) is 1.47. The van der Waals surface area contributed by atoms with Crippen molar-refractivity contribution in [1.29, 1.82) is 0 Å². The standard InChI is InChI=1S/C16H16N2O2S2/c1-3-4-8-12(2)22(20)18-16-17-15(14(11-19)21-16)13-9-6-5-7-10-13/h3-11H,1-2H3,(H,17,18)/b4-3-,12-8+. The molecule has 1 atom stereocenters. The summed E-state index contributed by atoms with van der Waals surface area (Å²) in [5.74, 6) is 0. The van der Waals surface area contributed by atoms with E-state index in [1.54, 1.807) is 13.0 Å². The van der Waals surface area contributed by atoms with Gasteiger partial charge in [0.25, 0.3) is 0 Å². The van der Waals surface area contributed by atoms with Crippen LogP contribution in [0.25, 0.3) is 11.3 Å². The number of anilines is 1. The van der Waals surface area contributed by atoms with Gasteiger partial charge in [0.15, 0.2) is 11.4 Å². The maximum Gasteiger partial charge on any atom is 0.196 e. The molecule has 0 aliphatic heterocycles. The normalized spacial score (nSPS) is 13.3. The summed E-state index contributed by atoms with van der Waals surface area (Å²) >= 11 is 1.20. The Morgan fingerprint density at radius 2 is 2.05 bits per heavy atom. The number of nitrogens with one attached hydrogen (secondary N) is 1. The number of hydrogen-bond donors (Lipinski definition) is 1. The zero-order valence-electron chi connectivity index (χ0n) is 12.3. The highest BCUT2D eigenvalue weighted by atomic mass is 32.2. The monoisotopic (exact) mass is 332 g/mol. The quantitative estimate of drug-likeness (QED) is 0.638. The molecule has 0 aliphatic carbocycles. The fourth-order valence-electron chi connectivity index (χ4n) is 1.71. The minimum Gasteiger partial charge on any atom is -0.297 e. The smallest absolute Gasteiger partial charge is 0.196 e. The van der Waals surface area contributed by atoms with Gasteiger partial charge in [-0.1, -0.05) is 53.8 Å². The van der Waals surface area contributed by atoms with Gasteiger partial charge in [0.05, 0.1) is 10.6 Å². The number of aldehydes is 1. The number of benzene rings is 1. The van der Waals surface area contributed by atoms with Crippen LogP contribution in [0, 0.1) is 0 Å². The highest BCUT2D eigenvalue weighted by Crippen LogP contribution is 2.30. The van der Waals surface area contributed by atoms with Crippen molar-refractivity contribution in [1.82, 2.24) is 4.98 Å². The van der Waals surface area contributed by atoms with Crippen LogP contribution in [0.2, 0.25) is 0 Å². The van der Waals surface area contributed by atoms with Gasteiger partial charge in [0.1, 0.15) is 11.0 Å².